The number of nitrogens with zero attached hydrogens (tertiary/aromatic N) is 6. The third kappa shape index (κ3) is 6.42. The molecule has 0 saturated heterocycles. The highest BCUT2D eigenvalue weighted by Crippen LogP contribution is 2.28. The minimum atomic E-state index is -4.76. The Kier molecular flexibility index (Phi) is 7.55. The van der Waals surface area contributed by atoms with Gasteiger partial charge in [-0.1, -0.05) is 0 Å². The normalized spacial score (nSPS) is 11.6. The van der Waals surface area contributed by atoms with E-state index in [0.29, 0.717) is 6.07 Å². The van der Waals surface area contributed by atoms with Crippen LogP contribution in [0.3, 0.4) is 0 Å². The first-order valence-corrected chi connectivity index (χ1v) is 11.6. The lowest BCUT2D eigenvalue weighted by Crippen LogP contribution is -2.30. The Morgan fingerprint density at radius 2 is 1.92 bits per heavy atom. The summed E-state index contributed by atoms with van der Waals surface area (Å²) in [5.74, 6) is -1.51. The van der Waals surface area contributed by atoms with E-state index in [2.05, 4.69) is 20.4 Å². The summed E-state index contributed by atoms with van der Waals surface area (Å²) in [5, 5.41) is 15.1. The number of nitriles is 1. The molecular weight excluding hydrogens is 526 g/mol. The van der Waals surface area contributed by atoms with Crippen molar-refractivity contribution in [1.82, 2.24) is 24.1 Å². The number of hydrogen-bond donors (Lipinski definition) is 2. The molecule has 17 heteroatoms. The fraction of sp³-hybridized carbons (Fsp3) is 0.200. The molecule has 0 bridgehead atoms. The second-order valence-electron chi connectivity index (χ2n) is 7.15. The van der Waals surface area contributed by atoms with Crippen molar-refractivity contribution in [3.63, 3.8) is 0 Å². The number of alkyl halides is 3. The topological polar surface area (TPSA) is 172 Å². The van der Waals surface area contributed by atoms with Crippen LogP contribution in [-0.2, 0) is 27.6 Å². The van der Waals surface area contributed by atoms with E-state index in [1.807, 2.05) is 0 Å². The van der Waals surface area contributed by atoms with Gasteiger partial charge in [-0.15, -0.1) is 0 Å². The van der Waals surface area contributed by atoms with Crippen molar-refractivity contribution >= 4 is 38.5 Å². The number of carbonyl (C=O) groups excluding carboxylic acids is 1. The molecule has 4 heterocycles. The summed E-state index contributed by atoms with van der Waals surface area (Å²) in [6.45, 7) is 0.796. The Hall–Kier alpha value is -4.43. The Morgan fingerprint density at radius 1 is 1.24 bits per heavy atom. The summed E-state index contributed by atoms with van der Waals surface area (Å²) in [6.07, 6.45) is -3.88. The lowest BCUT2D eigenvalue weighted by atomic mass is 10.2. The van der Waals surface area contributed by atoms with E-state index < -0.39 is 51.5 Å². The molecule has 1 amide bonds. The number of fused-ring (bicyclic) bond motifs is 3. The summed E-state index contributed by atoms with van der Waals surface area (Å²) in [5.41, 5.74) is -2.76. The van der Waals surface area contributed by atoms with Gasteiger partial charge in [0.1, 0.15) is 35.6 Å². The average Bonchev–Trinajstić information content (AvgIpc) is 3.27. The van der Waals surface area contributed by atoms with E-state index in [1.54, 1.807) is 6.07 Å². The van der Waals surface area contributed by atoms with Crippen LogP contribution in [0.2, 0.25) is 0 Å². The Labute approximate surface area is 204 Å². The van der Waals surface area contributed by atoms with Crippen LogP contribution in [0.1, 0.15) is 18.3 Å². The molecule has 0 aliphatic heterocycles. The largest absolute Gasteiger partial charge is 0.433 e. The number of hydrogen-bond acceptors (Lipinski definition) is 8. The van der Waals surface area contributed by atoms with Gasteiger partial charge in [0.25, 0.3) is 15.7 Å². The van der Waals surface area contributed by atoms with Crippen molar-refractivity contribution in [2.75, 3.05) is 11.1 Å². The monoisotopic (exact) mass is 541 g/mol. The number of pyridine rings is 2. The van der Waals surface area contributed by atoms with Crippen LogP contribution < -0.4 is 10.9 Å². The quantitative estimate of drug-likeness (QED) is 0.289. The molecule has 0 aliphatic carbocycles. The number of carbonyl (C=O) groups is 1. The highest BCUT2D eigenvalue weighted by molar-refractivity contribution is 7.85. The van der Waals surface area contributed by atoms with Crippen molar-refractivity contribution in [1.29, 1.82) is 5.26 Å². The number of nitrogens with one attached hydrogen (secondary N) is 1. The van der Waals surface area contributed by atoms with E-state index in [0.717, 1.165) is 33.5 Å². The third-order valence-corrected chi connectivity index (χ3v) is 5.31. The van der Waals surface area contributed by atoms with Crippen LogP contribution >= 0.6 is 0 Å². The second-order valence-corrected chi connectivity index (χ2v) is 8.89. The van der Waals surface area contributed by atoms with Crippen LogP contribution in [0.15, 0.2) is 41.3 Å². The van der Waals surface area contributed by atoms with Gasteiger partial charge in [0, 0.05) is 6.07 Å². The molecule has 4 aromatic rings. The van der Waals surface area contributed by atoms with Crippen LogP contribution in [0, 0.1) is 17.1 Å². The maximum atomic E-state index is 13.1. The van der Waals surface area contributed by atoms with Crippen molar-refractivity contribution in [2.24, 2.45) is 0 Å². The van der Waals surface area contributed by atoms with Crippen molar-refractivity contribution in [3.8, 4) is 6.07 Å². The van der Waals surface area contributed by atoms with Crippen molar-refractivity contribution in [3.05, 3.63) is 64.1 Å². The summed E-state index contributed by atoms with van der Waals surface area (Å²) in [6, 6.07) is 6.72. The van der Waals surface area contributed by atoms with Gasteiger partial charge in [0.15, 0.2) is 11.3 Å². The maximum absolute atomic E-state index is 13.1. The van der Waals surface area contributed by atoms with Crippen molar-refractivity contribution in [2.45, 2.75) is 19.6 Å². The molecule has 12 nitrogen and oxygen atoms in total. The van der Waals surface area contributed by atoms with Gasteiger partial charge in [-0.2, -0.15) is 36.5 Å². The summed E-state index contributed by atoms with van der Waals surface area (Å²) >= 11 is 0. The molecule has 0 atom stereocenters. The molecule has 2 N–H and O–H groups in total. The zero-order chi connectivity index (χ0) is 27.5. The molecule has 0 aromatic carbocycles. The first-order valence-electron chi connectivity index (χ1n) is 10.0. The minimum absolute atomic E-state index is 0.0268. The van der Waals surface area contributed by atoms with Gasteiger partial charge in [0.05, 0.1) is 17.3 Å². The predicted octanol–water partition coefficient (Wildman–Crippen LogP) is 2.00. The van der Waals surface area contributed by atoms with E-state index in [4.69, 9.17) is 9.81 Å². The van der Waals surface area contributed by atoms with Crippen molar-refractivity contribution < 1.29 is 35.3 Å². The van der Waals surface area contributed by atoms with Gasteiger partial charge < -0.3 is 5.32 Å². The first kappa shape index (κ1) is 27.2. The maximum Gasteiger partial charge on any atom is 0.433 e. The van der Waals surface area contributed by atoms with Gasteiger partial charge in [-0.3, -0.25) is 18.7 Å². The Bertz CT molecular complexity index is 1690. The predicted molar refractivity (Wildman–Crippen MR) is 119 cm³/mol. The standard InChI is InChI=1S/C18H9F4N7O2.C2H6O3S/c19-9-1-4-13(24-7-9)26-14(30)8-28-15-5-10(6-23)27-29(15)16-11(17(28)31)2-3-12(25-16)18(20,21)22;1-2-6(3,4)5/h1-5,7H,8H2,(H,24,26,30);2H2,1H3,(H,3,4,5). The van der Waals surface area contributed by atoms with Crippen LogP contribution in [0.4, 0.5) is 23.4 Å². The third-order valence-electron chi connectivity index (χ3n) is 4.58. The van der Waals surface area contributed by atoms with Gasteiger partial charge in [-0.25, -0.2) is 14.4 Å². The lowest BCUT2D eigenvalue weighted by Gasteiger charge is -2.12. The second kappa shape index (κ2) is 10.3. The smallest absolute Gasteiger partial charge is 0.309 e. The van der Waals surface area contributed by atoms with Gasteiger partial charge >= 0.3 is 6.18 Å². The summed E-state index contributed by atoms with van der Waals surface area (Å²) < 4.78 is 80.9. The molecule has 0 saturated carbocycles. The number of aromatic nitrogens is 5. The van der Waals surface area contributed by atoms with Crippen LogP contribution in [-0.4, -0.2) is 48.8 Å². The molecule has 0 aliphatic rings. The number of anilines is 1. The fourth-order valence-corrected chi connectivity index (χ4v) is 2.89. The van der Waals surface area contributed by atoms with Crippen LogP contribution in [0.5, 0.6) is 0 Å². The minimum Gasteiger partial charge on any atom is -0.309 e. The molecule has 4 rings (SSSR count). The van der Waals surface area contributed by atoms with Crippen LogP contribution in [0.25, 0.3) is 16.7 Å². The number of rotatable bonds is 4. The SMILES string of the molecule is CCS(=O)(=O)O.N#Cc1cc2n(CC(=O)Nc3ccc(F)cn3)c(=O)c3ccc(C(F)(F)F)nc3n2n1. The number of halogens is 4. The highest BCUT2D eigenvalue weighted by Gasteiger charge is 2.33. The molecule has 4 aromatic heterocycles. The molecule has 0 spiro atoms. The van der Waals surface area contributed by atoms with E-state index in [1.165, 1.54) is 13.0 Å². The molecule has 0 fully saturated rings. The van der Waals surface area contributed by atoms with Gasteiger partial charge in [0.2, 0.25) is 5.91 Å². The summed E-state index contributed by atoms with van der Waals surface area (Å²) in [4.78, 5) is 32.5. The molecule has 0 unspecified atom stereocenters. The molecule has 37 heavy (non-hydrogen) atoms. The first-order chi connectivity index (χ1) is 17.2. The molecular formula is C20H15F4N7O5S. The average molecular weight is 541 g/mol. The highest BCUT2D eigenvalue weighted by atomic mass is 32.2. The van der Waals surface area contributed by atoms with E-state index in [9.17, 15) is 35.6 Å². The number of amides is 1. The fourth-order valence-electron chi connectivity index (χ4n) is 2.89. The van der Waals surface area contributed by atoms with E-state index >= 15 is 0 Å². The Balaban J connectivity index is 0.000000568. The van der Waals surface area contributed by atoms with Gasteiger partial charge in [-0.05, 0) is 31.2 Å². The summed E-state index contributed by atoms with van der Waals surface area (Å²) in [7, 11) is -3.66. The zero-order valence-corrected chi connectivity index (χ0v) is 19.4. The molecule has 0 radical (unpaired) electrons. The van der Waals surface area contributed by atoms with E-state index in [-0.39, 0.29) is 28.3 Å². The Morgan fingerprint density at radius 3 is 2.46 bits per heavy atom. The molecule has 194 valence electrons. The zero-order valence-electron chi connectivity index (χ0n) is 18.6. The lowest BCUT2D eigenvalue weighted by molar-refractivity contribution is -0.141.